The standard InChI is InChI=1S/C23H33N3O2/c1-18(2)16-21-19(3)22(27)26(23(21)28)11-7-10-24-12-14-25(15-13-24)17-20-8-5-4-6-9-20/h4-6,8-9,27-28H,1,7,10-17H2,2-3H3. The predicted molar refractivity (Wildman–Crippen MR) is 114 cm³/mol. The van der Waals surface area contributed by atoms with Crippen molar-refractivity contribution in [2.45, 2.75) is 39.8 Å². The average molecular weight is 384 g/mol. The molecular formula is C23H33N3O2. The summed E-state index contributed by atoms with van der Waals surface area (Å²) in [5, 5.41) is 20.9. The van der Waals surface area contributed by atoms with Crippen molar-refractivity contribution in [2.24, 2.45) is 0 Å². The highest BCUT2D eigenvalue weighted by Crippen LogP contribution is 2.34. The predicted octanol–water partition coefficient (Wildman–Crippen LogP) is 3.53. The zero-order valence-electron chi connectivity index (χ0n) is 17.2. The number of benzene rings is 1. The molecule has 1 aliphatic rings. The second-order valence-corrected chi connectivity index (χ2v) is 7.99. The van der Waals surface area contributed by atoms with Crippen molar-refractivity contribution in [1.82, 2.24) is 14.4 Å². The van der Waals surface area contributed by atoms with Gasteiger partial charge in [-0.1, -0.05) is 42.5 Å². The molecule has 1 aliphatic heterocycles. The Hall–Kier alpha value is -2.24. The molecule has 0 radical (unpaired) electrons. The van der Waals surface area contributed by atoms with Crippen LogP contribution in [0.2, 0.25) is 0 Å². The molecule has 1 saturated heterocycles. The molecule has 152 valence electrons. The molecule has 1 aromatic heterocycles. The van der Waals surface area contributed by atoms with Crippen LogP contribution in [-0.4, -0.2) is 57.3 Å². The van der Waals surface area contributed by atoms with Crippen molar-refractivity contribution < 1.29 is 10.2 Å². The van der Waals surface area contributed by atoms with Gasteiger partial charge in [-0.25, -0.2) is 0 Å². The zero-order chi connectivity index (χ0) is 20.1. The van der Waals surface area contributed by atoms with Crippen LogP contribution in [0.3, 0.4) is 0 Å². The van der Waals surface area contributed by atoms with E-state index in [4.69, 9.17) is 0 Å². The third-order valence-electron chi connectivity index (χ3n) is 5.62. The Kier molecular flexibility index (Phi) is 6.81. The summed E-state index contributed by atoms with van der Waals surface area (Å²) in [5.74, 6) is 0.368. The van der Waals surface area contributed by atoms with Gasteiger partial charge in [0.2, 0.25) is 0 Å². The molecule has 0 unspecified atom stereocenters. The maximum atomic E-state index is 10.5. The van der Waals surface area contributed by atoms with E-state index in [1.165, 1.54) is 5.56 Å². The van der Waals surface area contributed by atoms with Crippen LogP contribution in [0.5, 0.6) is 11.8 Å². The molecule has 3 rings (SSSR count). The molecule has 0 aliphatic carbocycles. The lowest BCUT2D eigenvalue weighted by atomic mass is 10.1. The Labute approximate surface area is 168 Å². The fourth-order valence-corrected chi connectivity index (χ4v) is 3.96. The minimum absolute atomic E-state index is 0.182. The van der Waals surface area contributed by atoms with Crippen LogP contribution in [0.15, 0.2) is 42.5 Å². The number of aromatic nitrogens is 1. The number of aromatic hydroxyl groups is 2. The molecule has 2 N–H and O–H groups in total. The largest absolute Gasteiger partial charge is 0.494 e. The zero-order valence-corrected chi connectivity index (χ0v) is 17.2. The Morgan fingerprint density at radius 3 is 2.25 bits per heavy atom. The van der Waals surface area contributed by atoms with Gasteiger partial charge in [0, 0.05) is 50.4 Å². The van der Waals surface area contributed by atoms with Crippen molar-refractivity contribution in [3.63, 3.8) is 0 Å². The van der Waals surface area contributed by atoms with E-state index in [0.29, 0.717) is 13.0 Å². The molecule has 28 heavy (non-hydrogen) atoms. The first-order chi connectivity index (χ1) is 13.5. The summed E-state index contributed by atoms with van der Waals surface area (Å²) in [4.78, 5) is 4.98. The topological polar surface area (TPSA) is 51.9 Å². The molecule has 0 spiro atoms. The van der Waals surface area contributed by atoms with Crippen LogP contribution in [0.4, 0.5) is 0 Å². The minimum atomic E-state index is 0.182. The molecule has 5 nitrogen and oxygen atoms in total. The van der Waals surface area contributed by atoms with Crippen LogP contribution in [0.25, 0.3) is 0 Å². The summed E-state index contributed by atoms with van der Waals surface area (Å²) in [5.41, 5.74) is 3.90. The molecule has 0 atom stereocenters. The van der Waals surface area contributed by atoms with Gasteiger partial charge in [-0.2, -0.15) is 0 Å². The van der Waals surface area contributed by atoms with Crippen molar-refractivity contribution in [3.05, 3.63) is 59.2 Å². The summed E-state index contributed by atoms with van der Waals surface area (Å²) in [6.07, 6.45) is 1.50. The van der Waals surface area contributed by atoms with E-state index in [1.54, 1.807) is 4.57 Å². The van der Waals surface area contributed by atoms with E-state index in [2.05, 4.69) is 46.7 Å². The van der Waals surface area contributed by atoms with Gasteiger partial charge in [-0.05, 0) is 38.8 Å². The maximum Gasteiger partial charge on any atom is 0.197 e. The second kappa shape index (κ2) is 9.30. The lowest BCUT2D eigenvalue weighted by molar-refractivity contribution is 0.124. The highest BCUT2D eigenvalue weighted by Gasteiger charge is 2.20. The first kappa shape index (κ1) is 20.5. The summed E-state index contributed by atoms with van der Waals surface area (Å²) >= 11 is 0. The van der Waals surface area contributed by atoms with Gasteiger partial charge >= 0.3 is 0 Å². The van der Waals surface area contributed by atoms with Gasteiger partial charge in [-0.15, -0.1) is 0 Å². The summed E-state index contributed by atoms with van der Waals surface area (Å²) in [6, 6.07) is 10.6. The van der Waals surface area contributed by atoms with Crippen molar-refractivity contribution in [1.29, 1.82) is 0 Å². The highest BCUT2D eigenvalue weighted by molar-refractivity contribution is 5.46. The number of piperazine rings is 1. The normalized spacial score (nSPS) is 15.8. The van der Waals surface area contributed by atoms with Gasteiger partial charge < -0.3 is 15.1 Å². The lowest BCUT2D eigenvalue weighted by Gasteiger charge is -2.34. The molecule has 5 heteroatoms. The number of hydrogen-bond acceptors (Lipinski definition) is 4. The first-order valence-electron chi connectivity index (χ1n) is 10.2. The first-order valence-corrected chi connectivity index (χ1v) is 10.2. The van der Waals surface area contributed by atoms with Crippen molar-refractivity contribution in [2.75, 3.05) is 32.7 Å². The van der Waals surface area contributed by atoms with Gasteiger partial charge in [0.1, 0.15) is 0 Å². The quantitative estimate of drug-likeness (QED) is 0.685. The third kappa shape index (κ3) is 4.97. The van der Waals surface area contributed by atoms with E-state index in [-0.39, 0.29) is 11.8 Å². The number of nitrogens with zero attached hydrogens (tertiary/aromatic N) is 3. The SMILES string of the molecule is C=C(C)Cc1c(C)c(O)n(CCCN2CCN(Cc3ccccc3)CC2)c1O. The van der Waals surface area contributed by atoms with Crippen LogP contribution in [0.1, 0.15) is 30.0 Å². The Morgan fingerprint density at radius 1 is 0.964 bits per heavy atom. The third-order valence-corrected chi connectivity index (χ3v) is 5.62. The maximum absolute atomic E-state index is 10.5. The Bertz CT molecular complexity index is 790. The van der Waals surface area contributed by atoms with Crippen molar-refractivity contribution >= 4 is 0 Å². The molecule has 0 saturated carbocycles. The Balaban J connectivity index is 1.46. The van der Waals surface area contributed by atoms with Crippen LogP contribution in [-0.2, 0) is 19.5 Å². The number of allylic oxidation sites excluding steroid dienone is 1. The average Bonchev–Trinajstić information content (AvgIpc) is 2.88. The minimum Gasteiger partial charge on any atom is -0.494 e. The summed E-state index contributed by atoms with van der Waals surface area (Å²) < 4.78 is 1.64. The molecule has 1 fully saturated rings. The van der Waals surface area contributed by atoms with Crippen LogP contribution in [0, 0.1) is 6.92 Å². The molecule has 1 aromatic carbocycles. The van der Waals surface area contributed by atoms with E-state index >= 15 is 0 Å². The van der Waals surface area contributed by atoms with Crippen molar-refractivity contribution in [3.8, 4) is 11.8 Å². The van der Waals surface area contributed by atoms with E-state index in [0.717, 1.165) is 62.4 Å². The lowest BCUT2D eigenvalue weighted by Crippen LogP contribution is -2.46. The Morgan fingerprint density at radius 2 is 1.61 bits per heavy atom. The van der Waals surface area contributed by atoms with Gasteiger partial charge in [0.25, 0.3) is 0 Å². The molecule has 0 bridgehead atoms. The van der Waals surface area contributed by atoms with E-state index in [9.17, 15) is 10.2 Å². The van der Waals surface area contributed by atoms with Crippen LogP contribution >= 0.6 is 0 Å². The number of rotatable bonds is 8. The fourth-order valence-electron chi connectivity index (χ4n) is 3.96. The molecular weight excluding hydrogens is 350 g/mol. The van der Waals surface area contributed by atoms with E-state index in [1.807, 2.05) is 13.8 Å². The van der Waals surface area contributed by atoms with Gasteiger partial charge in [-0.3, -0.25) is 9.47 Å². The highest BCUT2D eigenvalue weighted by atomic mass is 16.3. The summed E-state index contributed by atoms with van der Waals surface area (Å²) in [7, 11) is 0. The monoisotopic (exact) mass is 383 g/mol. The molecule has 2 heterocycles. The molecule has 0 amide bonds. The number of hydrogen-bond donors (Lipinski definition) is 2. The van der Waals surface area contributed by atoms with Gasteiger partial charge in [0.15, 0.2) is 11.8 Å². The second-order valence-electron chi connectivity index (χ2n) is 7.99. The fraction of sp³-hybridized carbons (Fsp3) is 0.478. The smallest absolute Gasteiger partial charge is 0.197 e. The molecule has 2 aromatic rings. The van der Waals surface area contributed by atoms with E-state index < -0.39 is 0 Å². The van der Waals surface area contributed by atoms with Gasteiger partial charge in [0.05, 0.1) is 0 Å². The van der Waals surface area contributed by atoms with Crippen LogP contribution < -0.4 is 0 Å². The summed E-state index contributed by atoms with van der Waals surface area (Å²) in [6.45, 7) is 14.6.